The number of halogens is 1. The van der Waals surface area contributed by atoms with Crippen LogP contribution in [0.25, 0.3) is 0 Å². The molecule has 2 aromatic carbocycles. The molecular formula is C17H14BrNO2S. The molecule has 112 valence electrons. The van der Waals surface area contributed by atoms with Crippen molar-refractivity contribution in [3.8, 4) is 5.75 Å². The smallest absolute Gasteiger partial charge is 0.201 e. The Kier molecular flexibility index (Phi) is 4.27. The van der Waals surface area contributed by atoms with Gasteiger partial charge in [0.1, 0.15) is 5.75 Å². The lowest BCUT2D eigenvalue weighted by molar-refractivity contribution is 0.104. The van der Waals surface area contributed by atoms with Gasteiger partial charge < -0.3 is 10.1 Å². The Labute approximate surface area is 141 Å². The molecule has 3 nitrogen and oxygen atoms in total. The fourth-order valence-electron chi connectivity index (χ4n) is 2.22. The van der Waals surface area contributed by atoms with Crippen LogP contribution < -0.4 is 10.1 Å². The van der Waals surface area contributed by atoms with Gasteiger partial charge >= 0.3 is 0 Å². The summed E-state index contributed by atoms with van der Waals surface area (Å²) in [6, 6.07) is 13.2. The molecule has 1 heterocycles. The summed E-state index contributed by atoms with van der Waals surface area (Å²) in [7, 11) is 1.61. The number of rotatable bonds is 3. The van der Waals surface area contributed by atoms with Gasteiger partial charge in [-0.15, -0.1) is 0 Å². The number of nitrogens with one attached hydrogen (secondary N) is 1. The lowest BCUT2D eigenvalue weighted by Gasteiger charge is -2.21. The van der Waals surface area contributed by atoms with Gasteiger partial charge in [-0.1, -0.05) is 27.7 Å². The second-order valence-electron chi connectivity index (χ2n) is 4.88. The van der Waals surface area contributed by atoms with E-state index >= 15 is 0 Å². The molecule has 0 unspecified atom stereocenters. The van der Waals surface area contributed by atoms with Gasteiger partial charge in [0.25, 0.3) is 0 Å². The third-order valence-corrected chi connectivity index (χ3v) is 5.14. The van der Waals surface area contributed by atoms with Gasteiger partial charge in [-0.05, 0) is 49.4 Å². The lowest BCUT2D eigenvalue weighted by Crippen LogP contribution is -2.12. The highest BCUT2D eigenvalue weighted by molar-refractivity contribution is 9.10. The van der Waals surface area contributed by atoms with Gasteiger partial charge in [0.05, 0.1) is 17.7 Å². The van der Waals surface area contributed by atoms with Gasteiger partial charge in [-0.3, -0.25) is 4.79 Å². The Balaban J connectivity index is 1.91. The minimum absolute atomic E-state index is 0.0196. The van der Waals surface area contributed by atoms with E-state index in [4.69, 9.17) is 4.74 Å². The number of anilines is 1. The molecule has 2 aromatic rings. The number of benzene rings is 2. The maximum absolute atomic E-state index is 12.7. The van der Waals surface area contributed by atoms with E-state index in [1.165, 1.54) is 11.8 Å². The standard InChI is InChI=1S/C17H14BrNO2S/c1-10-17(16(20)11-3-6-13(21-2)7-4-11)22-15-8-5-12(18)9-14(15)19-10/h3-9,19H,1-2H3. The highest BCUT2D eigenvalue weighted by Crippen LogP contribution is 2.41. The average Bonchev–Trinajstić information content (AvgIpc) is 2.53. The molecule has 0 saturated heterocycles. The first-order valence-corrected chi connectivity index (χ1v) is 8.33. The summed E-state index contributed by atoms with van der Waals surface area (Å²) in [6.07, 6.45) is 0. The van der Waals surface area contributed by atoms with E-state index in [2.05, 4.69) is 21.2 Å². The first-order chi connectivity index (χ1) is 10.6. The van der Waals surface area contributed by atoms with E-state index in [-0.39, 0.29) is 5.78 Å². The molecule has 1 aliphatic rings. The van der Waals surface area contributed by atoms with Crippen LogP contribution in [0.3, 0.4) is 0 Å². The largest absolute Gasteiger partial charge is 0.497 e. The Morgan fingerprint density at radius 3 is 2.59 bits per heavy atom. The average molecular weight is 376 g/mol. The van der Waals surface area contributed by atoms with Crippen molar-refractivity contribution in [3.63, 3.8) is 0 Å². The molecule has 5 heteroatoms. The van der Waals surface area contributed by atoms with E-state index in [1.807, 2.05) is 25.1 Å². The first kappa shape index (κ1) is 15.2. The summed E-state index contributed by atoms with van der Waals surface area (Å²) in [5.41, 5.74) is 2.55. The molecule has 22 heavy (non-hydrogen) atoms. The van der Waals surface area contributed by atoms with Crippen LogP contribution in [0.1, 0.15) is 17.3 Å². The normalized spacial score (nSPS) is 13.4. The number of allylic oxidation sites excluding steroid dienone is 2. The molecular weight excluding hydrogens is 362 g/mol. The summed E-state index contributed by atoms with van der Waals surface area (Å²) in [4.78, 5) is 14.5. The Hall–Kier alpha value is -1.72. The van der Waals surface area contributed by atoms with Gasteiger partial charge in [-0.2, -0.15) is 0 Å². The zero-order valence-electron chi connectivity index (χ0n) is 12.1. The van der Waals surface area contributed by atoms with Crippen molar-refractivity contribution in [1.82, 2.24) is 0 Å². The fourth-order valence-corrected chi connectivity index (χ4v) is 3.58. The van der Waals surface area contributed by atoms with Crippen molar-refractivity contribution in [2.24, 2.45) is 0 Å². The number of carbonyl (C=O) groups is 1. The summed E-state index contributed by atoms with van der Waals surface area (Å²) in [5, 5.41) is 3.31. The third kappa shape index (κ3) is 2.91. The molecule has 0 bridgehead atoms. The van der Waals surface area contributed by atoms with Crippen LogP contribution in [0.15, 0.2) is 62.4 Å². The van der Waals surface area contributed by atoms with Crippen molar-refractivity contribution in [3.05, 3.63) is 63.1 Å². The molecule has 0 atom stereocenters. The molecule has 0 amide bonds. The predicted molar refractivity (Wildman–Crippen MR) is 93.6 cm³/mol. The Morgan fingerprint density at radius 1 is 1.18 bits per heavy atom. The summed E-state index contributed by atoms with van der Waals surface area (Å²) in [5.74, 6) is 0.762. The van der Waals surface area contributed by atoms with E-state index in [0.29, 0.717) is 5.56 Å². The van der Waals surface area contributed by atoms with Crippen molar-refractivity contribution in [2.45, 2.75) is 11.8 Å². The van der Waals surface area contributed by atoms with Crippen molar-refractivity contribution < 1.29 is 9.53 Å². The SMILES string of the molecule is COc1ccc(C(=O)C2=C(C)Nc3cc(Br)ccc3S2)cc1. The molecule has 0 aliphatic carbocycles. The molecule has 0 aromatic heterocycles. The topological polar surface area (TPSA) is 38.3 Å². The quantitative estimate of drug-likeness (QED) is 0.758. The van der Waals surface area contributed by atoms with E-state index in [0.717, 1.165) is 31.4 Å². The minimum Gasteiger partial charge on any atom is -0.497 e. The molecule has 0 radical (unpaired) electrons. The van der Waals surface area contributed by atoms with Gasteiger partial charge in [-0.25, -0.2) is 0 Å². The van der Waals surface area contributed by atoms with Crippen LogP contribution in [0.4, 0.5) is 5.69 Å². The maximum Gasteiger partial charge on any atom is 0.201 e. The van der Waals surface area contributed by atoms with Crippen molar-refractivity contribution >= 4 is 39.2 Å². The number of fused-ring (bicyclic) bond motifs is 1. The first-order valence-electron chi connectivity index (χ1n) is 6.72. The highest BCUT2D eigenvalue weighted by Gasteiger charge is 2.22. The number of ether oxygens (including phenoxy) is 1. The number of Topliss-reactive ketones (excluding diaryl/α,β-unsaturated/α-hetero) is 1. The summed E-state index contributed by atoms with van der Waals surface area (Å²) >= 11 is 4.96. The molecule has 0 saturated carbocycles. The lowest BCUT2D eigenvalue weighted by atomic mass is 10.1. The van der Waals surface area contributed by atoms with E-state index in [9.17, 15) is 4.79 Å². The van der Waals surface area contributed by atoms with E-state index in [1.54, 1.807) is 31.4 Å². The molecule has 0 spiro atoms. The zero-order valence-corrected chi connectivity index (χ0v) is 14.5. The number of hydrogen-bond acceptors (Lipinski definition) is 4. The van der Waals surface area contributed by atoms with Crippen LogP contribution in [0.5, 0.6) is 5.75 Å². The van der Waals surface area contributed by atoms with E-state index < -0.39 is 0 Å². The van der Waals surface area contributed by atoms with Gasteiger partial charge in [0, 0.05) is 20.6 Å². The molecule has 1 aliphatic heterocycles. The van der Waals surface area contributed by atoms with Gasteiger partial charge in [0.2, 0.25) is 5.78 Å². The van der Waals surface area contributed by atoms with Crippen LogP contribution >= 0.6 is 27.7 Å². The predicted octanol–water partition coefficient (Wildman–Crippen LogP) is 5.09. The number of thioether (sulfide) groups is 1. The van der Waals surface area contributed by atoms with Crippen molar-refractivity contribution in [1.29, 1.82) is 0 Å². The van der Waals surface area contributed by atoms with Gasteiger partial charge in [0.15, 0.2) is 0 Å². The maximum atomic E-state index is 12.7. The second kappa shape index (κ2) is 6.18. The number of ketones is 1. The monoisotopic (exact) mass is 375 g/mol. The number of carbonyl (C=O) groups excluding carboxylic acids is 1. The fraction of sp³-hybridized carbons (Fsp3) is 0.118. The summed E-state index contributed by atoms with van der Waals surface area (Å²) < 4.78 is 6.14. The van der Waals surface area contributed by atoms with Crippen LogP contribution in [-0.4, -0.2) is 12.9 Å². The third-order valence-electron chi connectivity index (χ3n) is 3.37. The van der Waals surface area contributed by atoms with Crippen LogP contribution in [0.2, 0.25) is 0 Å². The number of methoxy groups -OCH3 is 1. The highest BCUT2D eigenvalue weighted by atomic mass is 79.9. The van der Waals surface area contributed by atoms with Crippen LogP contribution in [-0.2, 0) is 0 Å². The Bertz CT molecular complexity index is 769. The zero-order chi connectivity index (χ0) is 15.7. The molecule has 0 fully saturated rings. The van der Waals surface area contributed by atoms with Crippen LogP contribution in [0, 0.1) is 0 Å². The Morgan fingerprint density at radius 2 is 1.91 bits per heavy atom. The molecule has 3 rings (SSSR count). The second-order valence-corrected chi connectivity index (χ2v) is 6.85. The molecule has 1 N–H and O–H groups in total. The minimum atomic E-state index is 0.0196. The number of hydrogen-bond donors (Lipinski definition) is 1. The van der Waals surface area contributed by atoms with Crippen molar-refractivity contribution in [2.75, 3.05) is 12.4 Å². The summed E-state index contributed by atoms with van der Waals surface area (Å²) in [6.45, 7) is 1.92.